The van der Waals surface area contributed by atoms with Crippen molar-refractivity contribution in [1.82, 2.24) is 15.5 Å². The fourth-order valence-corrected chi connectivity index (χ4v) is 4.37. The van der Waals surface area contributed by atoms with E-state index in [0.717, 1.165) is 42.9 Å². The molecule has 1 N–H and O–H groups in total. The molecule has 2 saturated carbocycles. The summed E-state index contributed by atoms with van der Waals surface area (Å²) in [5.74, 6) is 4.81. The third-order valence-corrected chi connectivity index (χ3v) is 5.22. The smallest absolute Gasteiger partial charge is 0.228 e. The van der Waals surface area contributed by atoms with Crippen LogP contribution in [0.25, 0.3) is 0 Å². The number of fused-ring (bicyclic) bond motifs is 2. The van der Waals surface area contributed by atoms with Crippen LogP contribution in [-0.4, -0.2) is 22.7 Å². The molecule has 2 fully saturated rings. The molecule has 1 aromatic heterocycles. The lowest BCUT2D eigenvalue weighted by Gasteiger charge is -2.18. The Balaban J connectivity index is 1.61. The molecule has 0 spiro atoms. The standard InChI is InChI=1S/C17H29N3O/c1-4-18-14(7-11(2)3)10-16-19-17(20-21-16)15-9-12-5-6-13(15)8-12/h11-15,18H,4-10H2,1-3H3. The van der Waals surface area contributed by atoms with Crippen LogP contribution in [0, 0.1) is 17.8 Å². The van der Waals surface area contributed by atoms with E-state index in [9.17, 15) is 0 Å². The maximum absolute atomic E-state index is 5.54. The summed E-state index contributed by atoms with van der Waals surface area (Å²) in [6.07, 6.45) is 7.48. The molecule has 2 aliphatic carbocycles. The molecular weight excluding hydrogens is 262 g/mol. The zero-order valence-electron chi connectivity index (χ0n) is 13.6. The molecule has 3 rings (SSSR count). The van der Waals surface area contributed by atoms with E-state index in [1.54, 1.807) is 0 Å². The maximum Gasteiger partial charge on any atom is 0.228 e. The van der Waals surface area contributed by atoms with Crippen LogP contribution < -0.4 is 5.32 Å². The lowest BCUT2D eigenvalue weighted by molar-refractivity contribution is 0.329. The van der Waals surface area contributed by atoms with Gasteiger partial charge in [0, 0.05) is 18.4 Å². The minimum atomic E-state index is 0.448. The van der Waals surface area contributed by atoms with Crippen molar-refractivity contribution in [2.24, 2.45) is 17.8 Å². The van der Waals surface area contributed by atoms with Crippen LogP contribution in [0.15, 0.2) is 4.52 Å². The van der Waals surface area contributed by atoms with E-state index in [-0.39, 0.29) is 0 Å². The maximum atomic E-state index is 5.54. The Kier molecular flexibility index (Phi) is 4.63. The molecule has 0 aromatic carbocycles. The van der Waals surface area contributed by atoms with Crippen molar-refractivity contribution in [1.29, 1.82) is 0 Å². The third kappa shape index (κ3) is 3.47. The molecule has 4 heteroatoms. The van der Waals surface area contributed by atoms with Crippen molar-refractivity contribution in [2.75, 3.05) is 6.54 Å². The van der Waals surface area contributed by atoms with Gasteiger partial charge in [0.05, 0.1) is 0 Å². The van der Waals surface area contributed by atoms with Crippen LogP contribution in [0.1, 0.15) is 70.5 Å². The van der Waals surface area contributed by atoms with E-state index < -0.39 is 0 Å². The number of hydrogen-bond donors (Lipinski definition) is 1. The summed E-state index contributed by atoms with van der Waals surface area (Å²) in [5.41, 5.74) is 0. The predicted molar refractivity (Wildman–Crippen MR) is 83.1 cm³/mol. The highest BCUT2D eigenvalue weighted by atomic mass is 16.5. The average molecular weight is 291 g/mol. The van der Waals surface area contributed by atoms with Crippen molar-refractivity contribution < 1.29 is 4.52 Å². The van der Waals surface area contributed by atoms with Gasteiger partial charge in [0.2, 0.25) is 5.89 Å². The second kappa shape index (κ2) is 6.47. The van der Waals surface area contributed by atoms with Gasteiger partial charge in [-0.15, -0.1) is 0 Å². The molecule has 118 valence electrons. The summed E-state index contributed by atoms with van der Waals surface area (Å²) in [6, 6.07) is 0.448. The minimum absolute atomic E-state index is 0.448. The van der Waals surface area contributed by atoms with E-state index in [1.165, 1.54) is 25.7 Å². The second-order valence-electron chi connectivity index (χ2n) is 7.42. The molecule has 1 aromatic rings. The second-order valence-corrected chi connectivity index (χ2v) is 7.42. The summed E-state index contributed by atoms with van der Waals surface area (Å²) in [5, 5.41) is 7.84. The molecular formula is C17H29N3O. The Morgan fingerprint density at radius 1 is 1.29 bits per heavy atom. The Labute approximate surface area is 128 Å². The third-order valence-electron chi connectivity index (χ3n) is 5.22. The summed E-state index contributed by atoms with van der Waals surface area (Å²) in [6.45, 7) is 7.67. The molecule has 21 heavy (non-hydrogen) atoms. The molecule has 2 bridgehead atoms. The van der Waals surface area contributed by atoms with Gasteiger partial charge >= 0.3 is 0 Å². The highest BCUT2D eigenvalue weighted by Crippen LogP contribution is 2.52. The van der Waals surface area contributed by atoms with Crippen molar-refractivity contribution in [2.45, 2.75) is 71.3 Å². The monoisotopic (exact) mass is 291 g/mol. The van der Waals surface area contributed by atoms with E-state index in [2.05, 4.69) is 31.2 Å². The van der Waals surface area contributed by atoms with Gasteiger partial charge in [0.15, 0.2) is 5.82 Å². The van der Waals surface area contributed by atoms with Crippen LogP contribution in [-0.2, 0) is 6.42 Å². The Morgan fingerprint density at radius 2 is 2.14 bits per heavy atom. The van der Waals surface area contributed by atoms with Crippen molar-refractivity contribution in [3.8, 4) is 0 Å². The molecule has 4 nitrogen and oxygen atoms in total. The molecule has 0 saturated heterocycles. The first kappa shape index (κ1) is 15.0. The molecule has 0 amide bonds. The van der Waals surface area contributed by atoms with Crippen molar-refractivity contribution in [3.05, 3.63) is 11.7 Å². The van der Waals surface area contributed by atoms with Gasteiger partial charge in [0.25, 0.3) is 0 Å². The van der Waals surface area contributed by atoms with Crippen LogP contribution in [0.4, 0.5) is 0 Å². The van der Waals surface area contributed by atoms with Crippen molar-refractivity contribution in [3.63, 3.8) is 0 Å². The van der Waals surface area contributed by atoms with E-state index in [1.807, 2.05) is 0 Å². The highest BCUT2D eigenvalue weighted by molar-refractivity contribution is 5.06. The van der Waals surface area contributed by atoms with Gasteiger partial charge in [-0.05, 0) is 50.0 Å². The van der Waals surface area contributed by atoms with Gasteiger partial charge in [-0.2, -0.15) is 4.98 Å². The predicted octanol–water partition coefficient (Wildman–Crippen LogP) is 3.54. The number of rotatable bonds is 7. The van der Waals surface area contributed by atoms with Gasteiger partial charge in [-0.3, -0.25) is 0 Å². The van der Waals surface area contributed by atoms with Gasteiger partial charge in [-0.25, -0.2) is 0 Å². The van der Waals surface area contributed by atoms with Crippen LogP contribution in [0.5, 0.6) is 0 Å². The van der Waals surface area contributed by atoms with Crippen LogP contribution in [0.2, 0.25) is 0 Å². The zero-order valence-corrected chi connectivity index (χ0v) is 13.6. The molecule has 1 heterocycles. The molecule has 2 aliphatic rings. The lowest BCUT2D eigenvalue weighted by Crippen LogP contribution is -2.32. The van der Waals surface area contributed by atoms with Crippen LogP contribution >= 0.6 is 0 Å². The van der Waals surface area contributed by atoms with E-state index in [0.29, 0.717) is 17.9 Å². The van der Waals surface area contributed by atoms with E-state index in [4.69, 9.17) is 9.51 Å². The largest absolute Gasteiger partial charge is 0.339 e. The summed E-state index contributed by atoms with van der Waals surface area (Å²) >= 11 is 0. The van der Waals surface area contributed by atoms with E-state index >= 15 is 0 Å². The topological polar surface area (TPSA) is 51.0 Å². The molecule has 4 atom stereocenters. The molecule has 4 unspecified atom stereocenters. The summed E-state index contributed by atoms with van der Waals surface area (Å²) < 4.78 is 5.54. The quantitative estimate of drug-likeness (QED) is 0.835. The summed E-state index contributed by atoms with van der Waals surface area (Å²) in [4.78, 5) is 4.72. The van der Waals surface area contributed by atoms with Crippen molar-refractivity contribution >= 4 is 0 Å². The number of hydrogen-bond acceptors (Lipinski definition) is 4. The average Bonchev–Trinajstić information content (AvgIpc) is 3.13. The number of nitrogens with zero attached hydrogens (tertiary/aromatic N) is 2. The Bertz CT molecular complexity index is 457. The van der Waals surface area contributed by atoms with Gasteiger partial charge in [-0.1, -0.05) is 32.3 Å². The fraction of sp³-hybridized carbons (Fsp3) is 0.882. The van der Waals surface area contributed by atoms with Crippen LogP contribution in [0.3, 0.4) is 0 Å². The van der Waals surface area contributed by atoms with Gasteiger partial charge < -0.3 is 9.84 Å². The minimum Gasteiger partial charge on any atom is -0.339 e. The highest BCUT2D eigenvalue weighted by Gasteiger charge is 2.42. The first-order chi connectivity index (χ1) is 10.2. The lowest BCUT2D eigenvalue weighted by atomic mass is 9.88. The summed E-state index contributed by atoms with van der Waals surface area (Å²) in [7, 11) is 0. The number of likely N-dealkylation sites (N-methyl/N-ethyl adjacent to an activating group) is 1. The molecule has 0 aliphatic heterocycles. The Hall–Kier alpha value is -0.900. The zero-order chi connectivity index (χ0) is 14.8. The van der Waals surface area contributed by atoms with Gasteiger partial charge in [0.1, 0.15) is 0 Å². The number of nitrogens with one attached hydrogen (secondary N) is 1. The molecule has 0 radical (unpaired) electrons. The number of aromatic nitrogens is 2. The first-order valence-corrected chi connectivity index (χ1v) is 8.71. The fourth-order valence-electron chi connectivity index (χ4n) is 4.37. The SMILES string of the molecule is CCNC(Cc1nc(C2CC3CCC2C3)no1)CC(C)C. The normalized spacial score (nSPS) is 29.4. The Morgan fingerprint density at radius 3 is 2.76 bits per heavy atom. The first-order valence-electron chi connectivity index (χ1n) is 8.71.